The number of alkyl halides is 2. The standard InChI is InChI=1S/C28H23F2N7O/c1-3-4-17-9-18(5-6-23(17)31-2)25-32-14-21-20(13-33-26(21)36-25)16-7-8-37-24(10-16)22(15-34-37)27(38)35-19-11-28(29,30)12-19/h3-10,13-15,19H,2,11-12H2,1H3,(H,35,38)(H,32,33,36)/b4-3-. The van der Waals surface area contributed by atoms with E-state index in [-0.39, 0.29) is 12.8 Å². The molecule has 4 heterocycles. The molecule has 0 atom stereocenters. The number of aromatic amines is 1. The molecule has 0 unspecified atom stereocenters. The monoisotopic (exact) mass is 511 g/mol. The van der Waals surface area contributed by atoms with Gasteiger partial charge < -0.3 is 10.3 Å². The minimum absolute atomic E-state index is 0.329. The zero-order chi connectivity index (χ0) is 26.4. The van der Waals surface area contributed by atoms with E-state index in [1.807, 2.05) is 55.6 Å². The molecule has 1 fully saturated rings. The molecule has 0 radical (unpaired) electrons. The number of H-pyrrole nitrogens is 1. The Morgan fingerprint density at radius 2 is 2.08 bits per heavy atom. The molecule has 0 saturated heterocycles. The molecule has 5 aromatic rings. The summed E-state index contributed by atoms with van der Waals surface area (Å²) in [4.78, 5) is 29.4. The van der Waals surface area contributed by atoms with Gasteiger partial charge in [0.1, 0.15) is 5.65 Å². The van der Waals surface area contributed by atoms with Crippen molar-refractivity contribution in [3.05, 3.63) is 72.3 Å². The molecule has 2 N–H and O–H groups in total. The van der Waals surface area contributed by atoms with E-state index in [1.165, 1.54) is 6.20 Å². The average Bonchev–Trinajstić information content (AvgIpc) is 3.51. The van der Waals surface area contributed by atoms with Crippen LogP contribution in [-0.2, 0) is 0 Å². The number of hydrogen-bond acceptors (Lipinski definition) is 5. The van der Waals surface area contributed by atoms with Gasteiger partial charge in [0, 0.05) is 59.6 Å². The summed E-state index contributed by atoms with van der Waals surface area (Å²) in [7, 11) is 0. The summed E-state index contributed by atoms with van der Waals surface area (Å²) in [6.45, 7) is 5.57. The number of aromatic nitrogens is 5. The SMILES string of the molecule is C=Nc1ccc(-c2ncc3c(-c4ccn5ncc(C(=O)NC6CC(F)(F)C6)c5c4)c[nH]c3n2)cc1/C=C\C. The molecule has 8 nitrogen and oxygen atoms in total. The van der Waals surface area contributed by atoms with E-state index in [0.29, 0.717) is 22.6 Å². The van der Waals surface area contributed by atoms with Crippen LogP contribution in [0, 0.1) is 0 Å². The minimum atomic E-state index is -2.70. The van der Waals surface area contributed by atoms with Gasteiger partial charge in [-0.2, -0.15) is 5.10 Å². The minimum Gasteiger partial charge on any atom is -0.349 e. The van der Waals surface area contributed by atoms with Crippen molar-refractivity contribution in [3.8, 4) is 22.5 Å². The number of rotatable bonds is 6. The number of amides is 1. The molecule has 1 aliphatic rings. The Morgan fingerprint density at radius 3 is 2.84 bits per heavy atom. The Balaban J connectivity index is 1.32. The van der Waals surface area contributed by atoms with Crippen LogP contribution >= 0.6 is 0 Å². The topological polar surface area (TPSA) is 100 Å². The quantitative estimate of drug-likeness (QED) is 0.280. The summed E-state index contributed by atoms with van der Waals surface area (Å²) in [6, 6.07) is 8.96. The molecule has 4 aromatic heterocycles. The highest BCUT2D eigenvalue weighted by Crippen LogP contribution is 2.37. The third kappa shape index (κ3) is 4.13. The number of carbonyl (C=O) groups is 1. The van der Waals surface area contributed by atoms with Gasteiger partial charge in [0.05, 0.1) is 23.0 Å². The van der Waals surface area contributed by atoms with E-state index in [9.17, 15) is 13.6 Å². The summed E-state index contributed by atoms with van der Waals surface area (Å²) in [5, 5.41) is 7.74. The number of pyridine rings is 1. The first kappa shape index (κ1) is 23.7. The summed E-state index contributed by atoms with van der Waals surface area (Å²) in [5.74, 6) is -2.55. The van der Waals surface area contributed by atoms with Gasteiger partial charge in [0.15, 0.2) is 5.82 Å². The molecule has 0 spiro atoms. The van der Waals surface area contributed by atoms with Crippen molar-refractivity contribution in [2.75, 3.05) is 0 Å². The van der Waals surface area contributed by atoms with Gasteiger partial charge in [-0.15, -0.1) is 0 Å². The van der Waals surface area contributed by atoms with Crippen LogP contribution in [0.4, 0.5) is 14.5 Å². The van der Waals surface area contributed by atoms with Crippen LogP contribution in [0.5, 0.6) is 0 Å². The molecule has 0 bridgehead atoms. The lowest BCUT2D eigenvalue weighted by molar-refractivity contribution is -0.0901. The average molecular weight is 512 g/mol. The van der Waals surface area contributed by atoms with Gasteiger partial charge >= 0.3 is 0 Å². The third-order valence-corrected chi connectivity index (χ3v) is 6.74. The fourth-order valence-electron chi connectivity index (χ4n) is 4.79. The highest BCUT2D eigenvalue weighted by Gasteiger charge is 2.46. The van der Waals surface area contributed by atoms with Crippen molar-refractivity contribution in [1.82, 2.24) is 29.9 Å². The van der Waals surface area contributed by atoms with Crippen molar-refractivity contribution in [2.24, 2.45) is 4.99 Å². The van der Waals surface area contributed by atoms with Crippen molar-refractivity contribution < 1.29 is 13.6 Å². The molecule has 0 aliphatic heterocycles. The van der Waals surface area contributed by atoms with Crippen LogP contribution in [-0.4, -0.2) is 49.2 Å². The van der Waals surface area contributed by atoms with E-state index >= 15 is 0 Å². The van der Waals surface area contributed by atoms with Gasteiger partial charge in [0.25, 0.3) is 11.8 Å². The number of fused-ring (bicyclic) bond motifs is 2. The van der Waals surface area contributed by atoms with E-state index in [4.69, 9.17) is 4.98 Å². The number of hydrogen-bond donors (Lipinski definition) is 2. The maximum absolute atomic E-state index is 13.2. The molecule has 6 rings (SSSR count). The summed E-state index contributed by atoms with van der Waals surface area (Å²) in [6.07, 6.45) is 10.0. The second kappa shape index (κ2) is 8.98. The maximum atomic E-state index is 13.2. The van der Waals surface area contributed by atoms with Crippen molar-refractivity contribution in [3.63, 3.8) is 0 Å². The predicted octanol–water partition coefficient (Wildman–Crippen LogP) is 5.83. The first-order valence-electron chi connectivity index (χ1n) is 12.1. The van der Waals surface area contributed by atoms with Crippen molar-refractivity contribution in [2.45, 2.75) is 31.7 Å². The van der Waals surface area contributed by atoms with Gasteiger partial charge in [-0.05, 0) is 49.5 Å². The molecular weight excluding hydrogens is 488 g/mol. The number of halogens is 2. The van der Waals surface area contributed by atoms with E-state index in [1.54, 1.807) is 16.9 Å². The van der Waals surface area contributed by atoms with Gasteiger partial charge in [-0.3, -0.25) is 9.79 Å². The highest BCUT2D eigenvalue weighted by atomic mass is 19.3. The zero-order valence-electron chi connectivity index (χ0n) is 20.4. The van der Waals surface area contributed by atoms with Crippen LogP contribution < -0.4 is 5.32 Å². The first-order valence-corrected chi connectivity index (χ1v) is 12.1. The Bertz CT molecular complexity index is 1740. The molecule has 1 aliphatic carbocycles. The van der Waals surface area contributed by atoms with Crippen LogP contribution in [0.25, 0.3) is 45.1 Å². The number of nitrogens with one attached hydrogen (secondary N) is 2. The van der Waals surface area contributed by atoms with Crippen LogP contribution in [0.15, 0.2) is 66.2 Å². The van der Waals surface area contributed by atoms with Crippen molar-refractivity contribution >= 4 is 40.9 Å². The second-order valence-electron chi connectivity index (χ2n) is 9.33. The molecule has 190 valence electrons. The lowest BCUT2D eigenvalue weighted by Crippen LogP contribution is -2.50. The number of benzene rings is 1. The highest BCUT2D eigenvalue weighted by molar-refractivity contribution is 6.02. The van der Waals surface area contributed by atoms with Crippen LogP contribution in [0.1, 0.15) is 35.7 Å². The molecule has 10 heteroatoms. The lowest BCUT2D eigenvalue weighted by Gasteiger charge is -2.35. The lowest BCUT2D eigenvalue weighted by atomic mass is 9.88. The van der Waals surface area contributed by atoms with E-state index < -0.39 is 17.9 Å². The normalized spacial score (nSPS) is 15.2. The predicted molar refractivity (Wildman–Crippen MR) is 143 cm³/mol. The molecular formula is C28H23F2N7O. The molecule has 38 heavy (non-hydrogen) atoms. The number of carbonyl (C=O) groups excluding carboxylic acids is 1. The molecule has 1 aromatic carbocycles. The number of allylic oxidation sites excluding steroid dienone is 1. The first-order chi connectivity index (χ1) is 18.3. The third-order valence-electron chi connectivity index (χ3n) is 6.74. The van der Waals surface area contributed by atoms with Crippen molar-refractivity contribution in [1.29, 1.82) is 0 Å². The smallest absolute Gasteiger partial charge is 0.255 e. The Hall–Kier alpha value is -4.73. The Morgan fingerprint density at radius 1 is 1.24 bits per heavy atom. The van der Waals surface area contributed by atoms with Gasteiger partial charge in [-0.1, -0.05) is 12.2 Å². The van der Waals surface area contributed by atoms with Crippen LogP contribution in [0.3, 0.4) is 0 Å². The summed E-state index contributed by atoms with van der Waals surface area (Å²) < 4.78 is 28.0. The number of nitrogens with zero attached hydrogens (tertiary/aromatic N) is 5. The number of aliphatic imine (C=N–C) groups is 1. The zero-order valence-corrected chi connectivity index (χ0v) is 20.4. The summed E-state index contributed by atoms with van der Waals surface area (Å²) in [5.41, 5.74) is 5.83. The maximum Gasteiger partial charge on any atom is 0.255 e. The molecule has 1 amide bonds. The van der Waals surface area contributed by atoms with E-state index in [0.717, 1.165) is 33.3 Å². The van der Waals surface area contributed by atoms with Gasteiger partial charge in [0.2, 0.25) is 0 Å². The fraction of sp³-hybridized carbons (Fsp3) is 0.179. The summed E-state index contributed by atoms with van der Waals surface area (Å²) >= 11 is 0. The Labute approximate surface area is 216 Å². The largest absolute Gasteiger partial charge is 0.349 e. The molecule has 1 saturated carbocycles. The Kier molecular flexibility index (Phi) is 5.59. The van der Waals surface area contributed by atoms with E-state index in [2.05, 4.69) is 32.1 Å². The van der Waals surface area contributed by atoms with Gasteiger partial charge in [-0.25, -0.2) is 23.3 Å². The van der Waals surface area contributed by atoms with Crippen LogP contribution in [0.2, 0.25) is 0 Å². The second-order valence-corrected chi connectivity index (χ2v) is 9.33. The fourth-order valence-corrected chi connectivity index (χ4v) is 4.79.